The molecule has 0 aliphatic carbocycles. The van der Waals surface area contributed by atoms with Crippen molar-refractivity contribution in [3.05, 3.63) is 92.1 Å². The Bertz CT molecular complexity index is 1350. The van der Waals surface area contributed by atoms with E-state index in [-0.39, 0.29) is 28.4 Å². The van der Waals surface area contributed by atoms with E-state index in [1.807, 2.05) is 6.92 Å². The number of likely N-dealkylation sites (tertiary alicyclic amines) is 1. The van der Waals surface area contributed by atoms with Crippen LogP contribution in [-0.4, -0.2) is 28.5 Å². The van der Waals surface area contributed by atoms with Gasteiger partial charge < -0.3 is 14.8 Å². The normalized spacial score (nSPS) is 14.0. The minimum atomic E-state index is -0.410. The van der Waals surface area contributed by atoms with Gasteiger partial charge in [-0.05, 0) is 66.6 Å². The molecule has 1 saturated heterocycles. The van der Waals surface area contributed by atoms with E-state index >= 15 is 0 Å². The second-order valence-electron chi connectivity index (χ2n) is 8.73. The molecule has 2 aromatic carbocycles. The molecule has 1 N–H and O–H groups in total. The van der Waals surface area contributed by atoms with Crippen molar-refractivity contribution in [1.29, 1.82) is 5.26 Å². The number of pyridine rings is 1. The molecule has 8 heteroatoms. The lowest BCUT2D eigenvalue weighted by Gasteiger charge is -2.33. The lowest BCUT2D eigenvalue weighted by molar-refractivity contribution is 0.0713. The van der Waals surface area contributed by atoms with Crippen molar-refractivity contribution in [2.24, 2.45) is 7.05 Å². The van der Waals surface area contributed by atoms with Crippen molar-refractivity contribution in [3.63, 3.8) is 0 Å². The molecule has 0 atom stereocenters. The first kappa shape index (κ1) is 24.5. The lowest BCUT2D eigenvalue weighted by Crippen LogP contribution is -2.39. The van der Waals surface area contributed by atoms with E-state index in [1.165, 1.54) is 22.9 Å². The van der Waals surface area contributed by atoms with Gasteiger partial charge in [0.15, 0.2) is 0 Å². The van der Waals surface area contributed by atoms with Crippen LogP contribution in [0.2, 0.25) is 5.02 Å². The van der Waals surface area contributed by atoms with Crippen LogP contribution in [0.5, 0.6) is 0 Å². The van der Waals surface area contributed by atoms with Crippen LogP contribution < -0.4 is 10.9 Å². The summed E-state index contributed by atoms with van der Waals surface area (Å²) in [6, 6.07) is 13.9. The molecule has 2 heterocycles. The number of halogens is 2. The molecule has 35 heavy (non-hydrogen) atoms. The van der Waals surface area contributed by atoms with Crippen molar-refractivity contribution in [3.8, 4) is 6.07 Å². The first-order valence-corrected chi connectivity index (χ1v) is 11.9. The SMILES string of the molecule is CCc1cc(C#N)ccc1Nc1c(C(=O)N2CCC(c3ccc(F)cc3)CC2)cn(C)c(=O)c1Cl. The zero-order valence-corrected chi connectivity index (χ0v) is 20.4. The van der Waals surface area contributed by atoms with Gasteiger partial charge in [-0.2, -0.15) is 5.26 Å². The number of hydrogen-bond acceptors (Lipinski definition) is 4. The number of nitrogens with zero attached hydrogens (tertiary/aromatic N) is 3. The van der Waals surface area contributed by atoms with Gasteiger partial charge in [-0.3, -0.25) is 9.59 Å². The van der Waals surface area contributed by atoms with Crippen LogP contribution in [0.1, 0.15) is 52.7 Å². The molecule has 1 fully saturated rings. The molecular formula is C27H26ClFN4O2. The van der Waals surface area contributed by atoms with E-state index in [9.17, 15) is 19.2 Å². The zero-order chi connectivity index (χ0) is 25.1. The average molecular weight is 493 g/mol. The van der Waals surface area contributed by atoms with Gasteiger partial charge in [0.05, 0.1) is 22.9 Å². The molecule has 0 radical (unpaired) electrons. The number of carbonyl (C=O) groups is 1. The predicted octanol–water partition coefficient (Wildman–Crippen LogP) is 5.38. The number of nitriles is 1. The molecule has 4 rings (SSSR count). The van der Waals surface area contributed by atoms with Crippen LogP contribution in [0.3, 0.4) is 0 Å². The molecule has 0 unspecified atom stereocenters. The van der Waals surface area contributed by atoms with E-state index in [1.54, 1.807) is 42.3 Å². The van der Waals surface area contributed by atoms with Crippen LogP contribution >= 0.6 is 11.6 Å². The van der Waals surface area contributed by atoms with Crippen molar-refractivity contribution in [2.75, 3.05) is 18.4 Å². The third-order valence-electron chi connectivity index (χ3n) is 6.55. The molecule has 1 amide bonds. The first-order valence-electron chi connectivity index (χ1n) is 11.6. The largest absolute Gasteiger partial charge is 0.353 e. The van der Waals surface area contributed by atoms with Crippen LogP contribution in [0.25, 0.3) is 0 Å². The second kappa shape index (κ2) is 10.3. The monoisotopic (exact) mass is 492 g/mol. The van der Waals surface area contributed by atoms with Crippen molar-refractivity contribution in [1.82, 2.24) is 9.47 Å². The highest BCUT2D eigenvalue weighted by molar-refractivity contribution is 6.34. The van der Waals surface area contributed by atoms with E-state index in [4.69, 9.17) is 11.6 Å². The van der Waals surface area contributed by atoms with Gasteiger partial charge in [0.25, 0.3) is 11.5 Å². The highest BCUT2D eigenvalue weighted by Crippen LogP contribution is 2.33. The number of piperidine rings is 1. The summed E-state index contributed by atoms with van der Waals surface area (Å²) >= 11 is 6.46. The van der Waals surface area contributed by atoms with Crippen molar-refractivity contribution < 1.29 is 9.18 Å². The fraction of sp³-hybridized carbons (Fsp3) is 0.296. The molecule has 1 aromatic heterocycles. The quantitative estimate of drug-likeness (QED) is 0.519. The number of hydrogen-bond donors (Lipinski definition) is 1. The van der Waals surface area contributed by atoms with Gasteiger partial charge in [0.2, 0.25) is 0 Å². The Balaban J connectivity index is 1.61. The number of anilines is 2. The van der Waals surface area contributed by atoms with Gasteiger partial charge in [0, 0.05) is 32.0 Å². The minimum Gasteiger partial charge on any atom is -0.353 e. The number of benzene rings is 2. The Morgan fingerprint density at radius 2 is 1.89 bits per heavy atom. The molecular weight excluding hydrogens is 467 g/mol. The maximum atomic E-state index is 13.6. The number of carbonyl (C=O) groups excluding carboxylic acids is 1. The minimum absolute atomic E-state index is 0.0639. The second-order valence-corrected chi connectivity index (χ2v) is 9.11. The Kier molecular flexibility index (Phi) is 7.23. The summed E-state index contributed by atoms with van der Waals surface area (Å²) in [5, 5.41) is 12.3. The van der Waals surface area contributed by atoms with Crippen LogP contribution in [-0.2, 0) is 13.5 Å². The average Bonchev–Trinajstić information content (AvgIpc) is 2.89. The predicted molar refractivity (Wildman–Crippen MR) is 135 cm³/mol. The lowest BCUT2D eigenvalue weighted by atomic mass is 9.89. The Morgan fingerprint density at radius 3 is 2.51 bits per heavy atom. The molecule has 6 nitrogen and oxygen atoms in total. The summed E-state index contributed by atoms with van der Waals surface area (Å²) in [4.78, 5) is 28.0. The van der Waals surface area contributed by atoms with Crippen molar-refractivity contribution in [2.45, 2.75) is 32.1 Å². The van der Waals surface area contributed by atoms with Gasteiger partial charge in [-0.15, -0.1) is 0 Å². The van der Waals surface area contributed by atoms with Gasteiger partial charge in [-0.25, -0.2) is 4.39 Å². The standard InChI is InChI=1S/C27H26ClFN4O2/c1-3-18-14-17(15-30)4-9-23(18)31-25-22(16-32(2)27(35)24(25)28)26(34)33-12-10-20(11-13-33)19-5-7-21(29)8-6-19/h4-9,14,16,20,31H,3,10-13H2,1-2H3. The summed E-state index contributed by atoms with van der Waals surface area (Å²) in [6.07, 6.45) is 3.69. The topological polar surface area (TPSA) is 78.1 Å². The summed E-state index contributed by atoms with van der Waals surface area (Å²) in [7, 11) is 1.56. The fourth-order valence-corrected chi connectivity index (χ4v) is 4.80. The fourth-order valence-electron chi connectivity index (χ4n) is 4.51. The number of aromatic nitrogens is 1. The number of amides is 1. The third-order valence-corrected chi connectivity index (χ3v) is 6.90. The highest BCUT2D eigenvalue weighted by Gasteiger charge is 2.28. The molecule has 180 valence electrons. The first-order chi connectivity index (χ1) is 16.8. The smallest absolute Gasteiger partial charge is 0.271 e. The maximum Gasteiger partial charge on any atom is 0.271 e. The van der Waals surface area contributed by atoms with E-state index in [0.717, 1.165) is 24.0 Å². The van der Waals surface area contributed by atoms with E-state index < -0.39 is 5.56 Å². The molecule has 1 aliphatic rings. The number of aryl methyl sites for hydroxylation is 2. The van der Waals surface area contributed by atoms with E-state index in [2.05, 4.69) is 11.4 Å². The molecule has 1 aliphatic heterocycles. The zero-order valence-electron chi connectivity index (χ0n) is 19.6. The molecule has 0 bridgehead atoms. The molecule has 3 aromatic rings. The van der Waals surface area contributed by atoms with E-state index in [0.29, 0.717) is 36.3 Å². The summed E-state index contributed by atoms with van der Waals surface area (Å²) in [5.41, 5.74) is 3.32. The van der Waals surface area contributed by atoms with Gasteiger partial charge >= 0.3 is 0 Å². The summed E-state index contributed by atoms with van der Waals surface area (Å²) < 4.78 is 14.6. The Hall–Kier alpha value is -3.63. The Labute approximate surface area is 208 Å². The highest BCUT2D eigenvalue weighted by atomic mass is 35.5. The summed E-state index contributed by atoms with van der Waals surface area (Å²) in [6.45, 7) is 3.04. The number of rotatable bonds is 5. The van der Waals surface area contributed by atoms with Gasteiger partial charge in [0.1, 0.15) is 10.8 Å². The van der Waals surface area contributed by atoms with Crippen LogP contribution in [0, 0.1) is 17.1 Å². The third kappa shape index (κ3) is 5.08. The Morgan fingerprint density at radius 1 is 1.20 bits per heavy atom. The summed E-state index contributed by atoms with van der Waals surface area (Å²) in [5.74, 6) is -0.220. The van der Waals surface area contributed by atoms with Crippen molar-refractivity contribution >= 4 is 28.9 Å². The number of nitrogens with one attached hydrogen (secondary N) is 1. The molecule has 0 saturated carbocycles. The van der Waals surface area contributed by atoms with Crippen LogP contribution in [0.15, 0.2) is 53.5 Å². The molecule has 0 spiro atoms. The maximum absolute atomic E-state index is 13.6. The van der Waals surface area contributed by atoms with Crippen LogP contribution in [0.4, 0.5) is 15.8 Å². The van der Waals surface area contributed by atoms with Gasteiger partial charge in [-0.1, -0.05) is 30.7 Å².